The highest BCUT2D eigenvalue weighted by Crippen LogP contribution is 2.24. The van der Waals surface area contributed by atoms with Gasteiger partial charge in [-0.2, -0.15) is 5.11 Å². The predicted molar refractivity (Wildman–Crippen MR) is 173 cm³/mol. The van der Waals surface area contributed by atoms with Crippen LogP contribution in [0.25, 0.3) is 0 Å². The molecule has 2 atom stereocenters. The Balaban J connectivity index is 2.33. The first-order valence-corrected chi connectivity index (χ1v) is 15.6. The van der Waals surface area contributed by atoms with Crippen molar-refractivity contribution in [2.24, 2.45) is 22.1 Å². The lowest BCUT2D eigenvalue weighted by Gasteiger charge is -2.17. The molecule has 44 heavy (non-hydrogen) atoms. The topological polar surface area (TPSA) is 153 Å². The lowest BCUT2D eigenvalue weighted by Crippen LogP contribution is -2.19. The minimum Gasteiger partial charge on any atom is -0.510 e. The number of nitrogens with two attached hydrogens (primary N) is 1. The van der Waals surface area contributed by atoms with Gasteiger partial charge in [0.05, 0.1) is 30.0 Å². The number of nitrogen functional groups attached to an aromatic ring is 1. The standard InChI is InChI=1S/C34H48N4O6/c1-6-10-12-24(8-3)21-43-33(41)29-19-18-28(20-30(29)34(42)44-22-25(9-4)13-11-7-2)37-38-31(23(5)39)32(40)36-27-16-14-26(35)15-17-27/h14-20,24-25,39H,6-13,21-22,35H2,1-5H3,(H,36,40). The van der Waals surface area contributed by atoms with E-state index >= 15 is 0 Å². The number of azo groups is 1. The maximum absolute atomic E-state index is 13.3. The number of nitrogens with one attached hydrogen (secondary N) is 1. The van der Waals surface area contributed by atoms with E-state index in [1.165, 1.54) is 25.1 Å². The highest BCUT2D eigenvalue weighted by Gasteiger charge is 2.23. The third-order valence-corrected chi connectivity index (χ3v) is 7.42. The molecule has 240 valence electrons. The van der Waals surface area contributed by atoms with Crippen LogP contribution in [0.5, 0.6) is 0 Å². The van der Waals surface area contributed by atoms with E-state index < -0.39 is 17.8 Å². The van der Waals surface area contributed by atoms with E-state index in [0.717, 1.165) is 51.4 Å². The first kappa shape index (κ1) is 36.0. The Bertz CT molecular complexity index is 1290. The maximum atomic E-state index is 13.3. The Hall–Kier alpha value is -4.21. The number of esters is 2. The van der Waals surface area contributed by atoms with Crippen molar-refractivity contribution in [2.75, 3.05) is 24.3 Å². The summed E-state index contributed by atoms with van der Waals surface area (Å²) in [7, 11) is 0. The van der Waals surface area contributed by atoms with Gasteiger partial charge in [-0.15, -0.1) is 5.11 Å². The Morgan fingerprint density at radius 3 is 1.89 bits per heavy atom. The van der Waals surface area contributed by atoms with Crippen molar-refractivity contribution in [1.29, 1.82) is 0 Å². The zero-order chi connectivity index (χ0) is 32.5. The van der Waals surface area contributed by atoms with Crippen LogP contribution in [0.1, 0.15) is 107 Å². The summed E-state index contributed by atoms with van der Waals surface area (Å²) < 4.78 is 11.3. The van der Waals surface area contributed by atoms with Crippen LogP contribution in [0.4, 0.5) is 17.1 Å². The minimum absolute atomic E-state index is 0.00372. The normalized spacial score (nSPS) is 13.2. The number of allylic oxidation sites excluding steroid dienone is 1. The van der Waals surface area contributed by atoms with Gasteiger partial charge in [0.2, 0.25) is 0 Å². The van der Waals surface area contributed by atoms with Crippen LogP contribution in [0, 0.1) is 11.8 Å². The molecule has 10 nitrogen and oxygen atoms in total. The molecular weight excluding hydrogens is 560 g/mol. The lowest BCUT2D eigenvalue weighted by atomic mass is 10.0. The molecule has 0 aliphatic rings. The molecule has 4 N–H and O–H groups in total. The second-order valence-corrected chi connectivity index (χ2v) is 11.0. The number of hydrogen-bond acceptors (Lipinski definition) is 9. The van der Waals surface area contributed by atoms with Crippen LogP contribution < -0.4 is 11.1 Å². The lowest BCUT2D eigenvalue weighted by molar-refractivity contribution is -0.113. The molecular formula is C34H48N4O6. The van der Waals surface area contributed by atoms with Crippen LogP contribution >= 0.6 is 0 Å². The van der Waals surface area contributed by atoms with E-state index in [2.05, 4.69) is 43.2 Å². The molecule has 0 bridgehead atoms. The quantitative estimate of drug-likeness (QED) is 0.0504. The maximum Gasteiger partial charge on any atom is 0.339 e. The number of amides is 1. The molecule has 0 aromatic heterocycles. The third kappa shape index (κ3) is 11.8. The van der Waals surface area contributed by atoms with E-state index in [1.54, 1.807) is 24.3 Å². The fourth-order valence-corrected chi connectivity index (χ4v) is 4.43. The molecule has 2 aromatic carbocycles. The van der Waals surface area contributed by atoms with Crippen LogP contribution in [-0.2, 0) is 14.3 Å². The van der Waals surface area contributed by atoms with Gasteiger partial charge in [0, 0.05) is 11.4 Å². The van der Waals surface area contributed by atoms with E-state index in [0.29, 0.717) is 11.4 Å². The number of carbonyl (C=O) groups excluding carboxylic acids is 3. The molecule has 0 radical (unpaired) electrons. The van der Waals surface area contributed by atoms with Gasteiger partial charge in [0.25, 0.3) is 5.91 Å². The second kappa shape index (κ2) is 19.1. The van der Waals surface area contributed by atoms with E-state index in [9.17, 15) is 19.5 Å². The predicted octanol–water partition coefficient (Wildman–Crippen LogP) is 8.53. The fraction of sp³-hybridized carbons (Fsp3) is 0.500. The molecule has 0 aliphatic heterocycles. The molecule has 10 heteroatoms. The van der Waals surface area contributed by atoms with Gasteiger partial charge in [-0.1, -0.05) is 66.2 Å². The first-order valence-electron chi connectivity index (χ1n) is 15.6. The van der Waals surface area contributed by atoms with Crippen molar-refractivity contribution in [1.82, 2.24) is 0 Å². The molecule has 0 saturated heterocycles. The van der Waals surface area contributed by atoms with Crippen LogP contribution in [0.2, 0.25) is 0 Å². The van der Waals surface area contributed by atoms with Gasteiger partial charge in [-0.05, 0) is 74.1 Å². The summed E-state index contributed by atoms with van der Waals surface area (Å²) in [4.78, 5) is 39.3. The molecule has 0 heterocycles. The second-order valence-electron chi connectivity index (χ2n) is 11.0. The van der Waals surface area contributed by atoms with E-state index in [4.69, 9.17) is 15.2 Å². The van der Waals surface area contributed by atoms with Gasteiger partial charge in [-0.3, -0.25) is 4.79 Å². The van der Waals surface area contributed by atoms with Crippen LogP contribution in [0.15, 0.2) is 64.1 Å². The molecule has 0 saturated carbocycles. The SMILES string of the molecule is CCCCC(CC)COC(=O)c1ccc(N=NC(C(=O)Nc2ccc(N)cc2)=C(C)O)cc1C(=O)OCC(CC)CCCC. The van der Waals surface area contributed by atoms with Crippen molar-refractivity contribution in [2.45, 2.75) is 86.0 Å². The number of carbonyl (C=O) groups is 3. The summed E-state index contributed by atoms with van der Waals surface area (Å²) in [5.41, 5.74) is 6.60. The Morgan fingerprint density at radius 2 is 1.39 bits per heavy atom. The summed E-state index contributed by atoms with van der Waals surface area (Å²) in [5.74, 6) is -1.89. The summed E-state index contributed by atoms with van der Waals surface area (Å²) in [6, 6.07) is 10.8. The van der Waals surface area contributed by atoms with Gasteiger partial charge in [0.1, 0.15) is 5.76 Å². The summed E-state index contributed by atoms with van der Waals surface area (Å²) >= 11 is 0. The third-order valence-electron chi connectivity index (χ3n) is 7.42. The minimum atomic E-state index is -0.690. The average Bonchev–Trinajstić information content (AvgIpc) is 3.02. The molecule has 0 spiro atoms. The number of hydrogen-bond donors (Lipinski definition) is 3. The molecule has 0 fully saturated rings. The van der Waals surface area contributed by atoms with Crippen molar-refractivity contribution in [3.8, 4) is 0 Å². The van der Waals surface area contributed by atoms with Gasteiger partial charge in [0.15, 0.2) is 5.70 Å². The molecule has 2 rings (SSSR count). The zero-order valence-electron chi connectivity index (χ0n) is 26.7. The summed E-state index contributed by atoms with van der Waals surface area (Å²) in [6.45, 7) is 10.1. The highest BCUT2D eigenvalue weighted by molar-refractivity contribution is 6.04. The van der Waals surface area contributed by atoms with E-state index in [-0.39, 0.29) is 53.3 Å². The number of ether oxygens (including phenoxy) is 2. The van der Waals surface area contributed by atoms with Crippen molar-refractivity contribution < 1.29 is 29.0 Å². The smallest absolute Gasteiger partial charge is 0.339 e. The molecule has 2 unspecified atom stereocenters. The van der Waals surface area contributed by atoms with Gasteiger partial charge >= 0.3 is 11.9 Å². The Morgan fingerprint density at radius 1 is 0.841 bits per heavy atom. The molecule has 0 aliphatic carbocycles. The van der Waals surface area contributed by atoms with Gasteiger partial charge < -0.3 is 25.6 Å². The first-order chi connectivity index (χ1) is 21.1. The van der Waals surface area contributed by atoms with Crippen LogP contribution in [0.3, 0.4) is 0 Å². The number of anilines is 2. The largest absolute Gasteiger partial charge is 0.510 e. The number of aliphatic hydroxyl groups excluding tert-OH is 1. The number of nitrogens with zero attached hydrogens (tertiary/aromatic N) is 2. The summed E-state index contributed by atoms with van der Waals surface area (Å²) in [6.07, 6.45) is 7.82. The van der Waals surface area contributed by atoms with Crippen molar-refractivity contribution in [3.63, 3.8) is 0 Å². The average molecular weight is 609 g/mol. The van der Waals surface area contributed by atoms with Crippen LogP contribution in [-0.4, -0.2) is 36.2 Å². The van der Waals surface area contributed by atoms with E-state index in [1.807, 2.05) is 0 Å². The fourth-order valence-electron chi connectivity index (χ4n) is 4.43. The Labute approximate surface area is 261 Å². The van der Waals surface area contributed by atoms with Gasteiger partial charge in [-0.25, -0.2) is 9.59 Å². The number of benzene rings is 2. The number of aliphatic hydroxyl groups is 1. The molecule has 2 aromatic rings. The van der Waals surface area contributed by atoms with Crippen molar-refractivity contribution in [3.05, 3.63) is 65.0 Å². The highest BCUT2D eigenvalue weighted by atomic mass is 16.5. The summed E-state index contributed by atoms with van der Waals surface area (Å²) in [5, 5.41) is 20.8. The zero-order valence-corrected chi connectivity index (χ0v) is 26.7. The number of unbranched alkanes of at least 4 members (excludes halogenated alkanes) is 2. The van der Waals surface area contributed by atoms with Crippen molar-refractivity contribution >= 4 is 34.9 Å². The molecule has 1 amide bonds. The Kier molecular flexibility index (Phi) is 15.7. The number of rotatable bonds is 18. The monoisotopic (exact) mass is 608 g/mol.